The largest absolute Gasteiger partial charge is 0.508 e. The lowest BCUT2D eigenvalue weighted by atomic mass is 9.62. The first-order chi connectivity index (χ1) is 7.84. The van der Waals surface area contributed by atoms with Crippen LogP contribution in [-0.4, -0.2) is 5.11 Å². The molecule has 0 aromatic heterocycles. The van der Waals surface area contributed by atoms with Crippen molar-refractivity contribution in [3.63, 3.8) is 0 Å². The van der Waals surface area contributed by atoms with E-state index in [9.17, 15) is 5.11 Å². The summed E-state index contributed by atoms with van der Waals surface area (Å²) in [6.45, 7) is 0. The highest BCUT2D eigenvalue weighted by Crippen LogP contribution is 2.49. The average Bonchev–Trinajstić information content (AvgIpc) is 2.12. The molecule has 2 fully saturated rings. The van der Waals surface area contributed by atoms with E-state index >= 15 is 0 Å². The van der Waals surface area contributed by atoms with Crippen molar-refractivity contribution in [2.45, 2.75) is 44.4 Å². The van der Waals surface area contributed by atoms with Crippen LogP contribution in [0.2, 0.25) is 0 Å². The second-order valence-electron chi connectivity index (χ2n) is 5.50. The van der Waals surface area contributed by atoms with E-state index in [-0.39, 0.29) is 0 Å². The normalized spacial score (nSPS) is 21.8. The maximum Gasteiger partial charge on any atom is 0.115 e. The van der Waals surface area contributed by atoms with Crippen molar-refractivity contribution >= 4 is 0 Å². The van der Waals surface area contributed by atoms with Gasteiger partial charge in [-0.3, -0.25) is 0 Å². The van der Waals surface area contributed by atoms with Crippen LogP contribution in [0, 0.1) is 11.8 Å². The number of aromatic hydroxyl groups is 1. The van der Waals surface area contributed by atoms with Gasteiger partial charge in [-0.2, -0.15) is 0 Å². The highest BCUT2D eigenvalue weighted by atomic mass is 16.3. The zero-order valence-electron chi connectivity index (χ0n) is 9.73. The summed E-state index contributed by atoms with van der Waals surface area (Å²) in [5.41, 5.74) is 1.47. The maximum absolute atomic E-state index is 9.36. The zero-order valence-corrected chi connectivity index (χ0v) is 9.73. The molecule has 0 spiro atoms. The minimum Gasteiger partial charge on any atom is -0.508 e. The van der Waals surface area contributed by atoms with Crippen LogP contribution in [0.15, 0.2) is 24.3 Å². The van der Waals surface area contributed by atoms with E-state index < -0.39 is 0 Å². The van der Waals surface area contributed by atoms with Crippen LogP contribution in [0.5, 0.6) is 5.75 Å². The Bertz CT molecular complexity index is 332. The van der Waals surface area contributed by atoms with Crippen molar-refractivity contribution in [3.05, 3.63) is 29.8 Å². The number of phenols is 1. The van der Waals surface area contributed by atoms with Gasteiger partial charge in [0.05, 0.1) is 0 Å². The SMILES string of the molecule is Oc1ccc(C(C2CCC2)C2CCC2)cc1. The first-order valence-electron chi connectivity index (χ1n) is 6.63. The average molecular weight is 216 g/mol. The van der Waals surface area contributed by atoms with Crippen LogP contribution < -0.4 is 0 Å². The van der Waals surface area contributed by atoms with Crippen LogP contribution in [-0.2, 0) is 0 Å². The molecular formula is C15H20O. The molecule has 2 aliphatic rings. The molecule has 1 aromatic rings. The van der Waals surface area contributed by atoms with E-state index in [0.717, 1.165) is 17.8 Å². The highest BCUT2D eigenvalue weighted by Gasteiger charge is 2.36. The van der Waals surface area contributed by atoms with Gasteiger partial charge in [0.1, 0.15) is 5.75 Å². The van der Waals surface area contributed by atoms with Crippen molar-refractivity contribution in [1.29, 1.82) is 0 Å². The summed E-state index contributed by atoms with van der Waals surface area (Å²) in [7, 11) is 0. The van der Waals surface area contributed by atoms with Crippen LogP contribution in [0.25, 0.3) is 0 Å². The molecule has 0 amide bonds. The van der Waals surface area contributed by atoms with Gasteiger partial charge in [0, 0.05) is 0 Å². The number of hydrogen-bond donors (Lipinski definition) is 1. The lowest BCUT2D eigenvalue weighted by Gasteiger charge is -2.43. The van der Waals surface area contributed by atoms with E-state index in [0.29, 0.717) is 5.75 Å². The molecule has 1 aromatic carbocycles. The molecule has 86 valence electrons. The van der Waals surface area contributed by atoms with Crippen LogP contribution in [0.3, 0.4) is 0 Å². The molecule has 1 nitrogen and oxygen atoms in total. The van der Waals surface area contributed by atoms with Crippen molar-refractivity contribution in [3.8, 4) is 5.75 Å². The van der Waals surface area contributed by atoms with Crippen molar-refractivity contribution in [1.82, 2.24) is 0 Å². The molecule has 3 rings (SSSR count). The Balaban J connectivity index is 1.83. The summed E-state index contributed by atoms with van der Waals surface area (Å²) in [5.74, 6) is 3.03. The first kappa shape index (κ1) is 10.2. The third kappa shape index (κ3) is 1.73. The van der Waals surface area contributed by atoms with Crippen molar-refractivity contribution in [2.75, 3.05) is 0 Å². The minimum atomic E-state index is 0.393. The second kappa shape index (κ2) is 4.12. The predicted molar refractivity (Wildman–Crippen MR) is 65.5 cm³/mol. The molecule has 2 saturated carbocycles. The van der Waals surface area contributed by atoms with Crippen LogP contribution in [0.4, 0.5) is 0 Å². The predicted octanol–water partition coefficient (Wildman–Crippen LogP) is 4.08. The molecule has 0 bridgehead atoms. The van der Waals surface area contributed by atoms with E-state index in [1.54, 1.807) is 0 Å². The van der Waals surface area contributed by atoms with Gasteiger partial charge in [0.15, 0.2) is 0 Å². The van der Waals surface area contributed by atoms with E-state index in [2.05, 4.69) is 12.1 Å². The summed E-state index contributed by atoms with van der Waals surface area (Å²) < 4.78 is 0. The number of benzene rings is 1. The molecule has 0 unspecified atom stereocenters. The van der Waals surface area contributed by atoms with Gasteiger partial charge in [-0.15, -0.1) is 0 Å². The Labute approximate surface area is 97.5 Å². The molecule has 16 heavy (non-hydrogen) atoms. The smallest absolute Gasteiger partial charge is 0.115 e. The zero-order chi connectivity index (χ0) is 11.0. The standard InChI is InChI=1S/C15H20O/c16-14-9-7-13(8-10-14)15(11-3-1-4-11)12-5-2-6-12/h7-12,15-16H,1-6H2. The van der Waals surface area contributed by atoms with Gasteiger partial charge in [-0.1, -0.05) is 25.0 Å². The lowest BCUT2D eigenvalue weighted by molar-refractivity contribution is 0.149. The van der Waals surface area contributed by atoms with Gasteiger partial charge < -0.3 is 5.11 Å². The number of phenolic OH excluding ortho intramolecular Hbond substituents is 1. The summed E-state index contributed by atoms with van der Waals surface area (Å²) in [6.07, 6.45) is 8.52. The van der Waals surface area contributed by atoms with Crippen molar-refractivity contribution in [2.24, 2.45) is 11.8 Å². The third-order valence-electron chi connectivity index (χ3n) is 4.59. The molecule has 0 aliphatic heterocycles. The minimum absolute atomic E-state index is 0.393. The highest BCUT2D eigenvalue weighted by molar-refractivity contribution is 5.29. The number of rotatable bonds is 3. The Kier molecular flexibility index (Phi) is 2.62. The van der Waals surface area contributed by atoms with E-state index in [4.69, 9.17) is 0 Å². The van der Waals surface area contributed by atoms with Gasteiger partial charge in [0.2, 0.25) is 0 Å². The second-order valence-corrected chi connectivity index (χ2v) is 5.50. The van der Waals surface area contributed by atoms with Crippen LogP contribution >= 0.6 is 0 Å². The molecule has 0 radical (unpaired) electrons. The first-order valence-corrected chi connectivity index (χ1v) is 6.63. The Morgan fingerprint density at radius 1 is 0.875 bits per heavy atom. The third-order valence-corrected chi connectivity index (χ3v) is 4.59. The Morgan fingerprint density at radius 3 is 1.75 bits per heavy atom. The quantitative estimate of drug-likeness (QED) is 0.807. The van der Waals surface area contributed by atoms with Crippen LogP contribution in [0.1, 0.15) is 50.0 Å². The fourth-order valence-electron chi connectivity index (χ4n) is 3.22. The van der Waals surface area contributed by atoms with Gasteiger partial charge >= 0.3 is 0 Å². The topological polar surface area (TPSA) is 20.2 Å². The molecule has 1 N–H and O–H groups in total. The monoisotopic (exact) mass is 216 g/mol. The van der Waals surface area contributed by atoms with Gasteiger partial charge in [-0.25, -0.2) is 0 Å². The lowest BCUT2D eigenvalue weighted by Crippen LogP contribution is -2.30. The molecular weight excluding hydrogens is 196 g/mol. The summed E-state index contributed by atoms with van der Waals surface area (Å²) in [5, 5.41) is 9.36. The summed E-state index contributed by atoms with van der Waals surface area (Å²) in [4.78, 5) is 0. The Morgan fingerprint density at radius 2 is 1.38 bits per heavy atom. The van der Waals surface area contributed by atoms with Gasteiger partial charge in [0.25, 0.3) is 0 Å². The molecule has 0 atom stereocenters. The number of hydrogen-bond acceptors (Lipinski definition) is 1. The maximum atomic E-state index is 9.36. The van der Waals surface area contributed by atoms with E-state index in [1.165, 1.54) is 44.1 Å². The molecule has 1 heteroatoms. The molecule has 0 heterocycles. The summed E-state index contributed by atoms with van der Waals surface area (Å²) >= 11 is 0. The fourth-order valence-corrected chi connectivity index (χ4v) is 3.22. The molecule has 2 aliphatic carbocycles. The van der Waals surface area contributed by atoms with Gasteiger partial charge in [-0.05, 0) is 61.1 Å². The van der Waals surface area contributed by atoms with E-state index in [1.807, 2.05) is 12.1 Å². The van der Waals surface area contributed by atoms with Crippen molar-refractivity contribution < 1.29 is 5.11 Å². The fraction of sp³-hybridized carbons (Fsp3) is 0.600. The molecule has 0 saturated heterocycles. The Hall–Kier alpha value is -0.980. The summed E-state index contributed by atoms with van der Waals surface area (Å²) in [6, 6.07) is 7.96.